The molecule has 4 rings (SSSR count). The van der Waals surface area contributed by atoms with Crippen LogP contribution in [-0.4, -0.2) is 43.5 Å². The van der Waals surface area contributed by atoms with Crippen LogP contribution in [0.5, 0.6) is 0 Å². The summed E-state index contributed by atoms with van der Waals surface area (Å²) in [4.78, 5) is 19.7. The van der Waals surface area contributed by atoms with Crippen molar-refractivity contribution >= 4 is 17.3 Å². The number of benzene rings is 1. The first-order chi connectivity index (χ1) is 15.1. The Labute approximate surface area is 182 Å². The summed E-state index contributed by atoms with van der Waals surface area (Å²) < 4.78 is 24.4. The van der Waals surface area contributed by atoms with Crippen molar-refractivity contribution in [3.8, 4) is 0 Å². The predicted molar refractivity (Wildman–Crippen MR) is 118 cm³/mol. The smallest absolute Gasteiger partial charge is 0.256 e. The maximum absolute atomic E-state index is 13.0. The quantitative estimate of drug-likeness (QED) is 0.528. The van der Waals surface area contributed by atoms with E-state index in [9.17, 15) is 9.18 Å². The average molecular weight is 428 g/mol. The number of carbonyl (C=O) groups excluding carboxylic acids is 1. The molecule has 1 N–H and O–H groups in total. The van der Waals surface area contributed by atoms with Crippen LogP contribution < -0.4 is 10.2 Å². The topological polar surface area (TPSA) is 63.7 Å². The van der Waals surface area contributed by atoms with Gasteiger partial charge in [0, 0.05) is 30.5 Å². The first-order valence-electron chi connectivity index (χ1n) is 11.1. The number of nitrogens with zero attached hydrogens (tertiary/aromatic N) is 2. The second-order valence-electron chi connectivity index (χ2n) is 8.25. The molecule has 1 saturated heterocycles. The molecule has 6 nitrogen and oxygen atoms in total. The van der Waals surface area contributed by atoms with E-state index in [1.165, 1.54) is 12.1 Å². The van der Waals surface area contributed by atoms with Gasteiger partial charge in [-0.3, -0.25) is 9.78 Å². The van der Waals surface area contributed by atoms with Crippen LogP contribution in [0.3, 0.4) is 0 Å². The van der Waals surface area contributed by atoms with Gasteiger partial charge < -0.3 is 19.7 Å². The van der Waals surface area contributed by atoms with E-state index in [4.69, 9.17) is 14.5 Å². The largest absolute Gasteiger partial charge is 0.368 e. The Morgan fingerprint density at radius 1 is 1.26 bits per heavy atom. The lowest BCUT2D eigenvalue weighted by molar-refractivity contribution is -0.132. The van der Waals surface area contributed by atoms with Crippen LogP contribution in [0, 0.1) is 5.82 Å². The summed E-state index contributed by atoms with van der Waals surface area (Å²) >= 11 is 0. The van der Waals surface area contributed by atoms with E-state index in [1.807, 2.05) is 17.0 Å². The lowest BCUT2D eigenvalue weighted by Crippen LogP contribution is -2.44. The van der Waals surface area contributed by atoms with Gasteiger partial charge in [0.1, 0.15) is 18.7 Å². The molecule has 2 atom stereocenters. The third-order valence-corrected chi connectivity index (χ3v) is 5.87. The molecule has 166 valence electrons. The van der Waals surface area contributed by atoms with Gasteiger partial charge in [0.05, 0.1) is 18.0 Å². The zero-order valence-corrected chi connectivity index (χ0v) is 18.0. The van der Waals surface area contributed by atoms with Crippen LogP contribution in [0.4, 0.5) is 15.8 Å². The van der Waals surface area contributed by atoms with Crippen molar-refractivity contribution in [3.05, 3.63) is 53.6 Å². The fourth-order valence-corrected chi connectivity index (χ4v) is 4.10. The highest BCUT2D eigenvalue weighted by molar-refractivity contribution is 5.97. The molecule has 1 fully saturated rings. The maximum atomic E-state index is 13.0. The van der Waals surface area contributed by atoms with E-state index >= 15 is 0 Å². The number of hydrogen-bond acceptors (Lipinski definition) is 5. The normalized spacial score (nSPS) is 19.5. The zero-order valence-electron chi connectivity index (χ0n) is 18.0. The molecule has 1 aromatic heterocycles. The van der Waals surface area contributed by atoms with E-state index in [0.717, 1.165) is 61.4 Å². The summed E-state index contributed by atoms with van der Waals surface area (Å²) in [5, 5.41) is 3.11. The van der Waals surface area contributed by atoms with Gasteiger partial charge in [-0.15, -0.1) is 0 Å². The van der Waals surface area contributed by atoms with E-state index in [0.29, 0.717) is 19.9 Å². The van der Waals surface area contributed by atoms with Gasteiger partial charge in [-0.05, 0) is 68.5 Å². The molecule has 2 aromatic rings. The number of rotatable bonds is 7. The standard InChI is InChI=1S/C24H30FN3O3/c1-17(15-30-16-26-19-9-7-18(25)8-10-19)20-11-12-22-21(27-20)5-4-13-28(22)24(29)23-6-2-3-14-31-23/h7-12,17,23,26H,2-6,13-16H2,1H3. The summed E-state index contributed by atoms with van der Waals surface area (Å²) in [5.74, 6) is -0.0726. The molecule has 0 radical (unpaired) electrons. The van der Waals surface area contributed by atoms with Crippen LogP contribution in [0.25, 0.3) is 0 Å². The predicted octanol–water partition coefficient (Wildman–Crippen LogP) is 4.26. The molecule has 2 aliphatic heterocycles. The summed E-state index contributed by atoms with van der Waals surface area (Å²) in [5.41, 5.74) is 3.67. The van der Waals surface area contributed by atoms with Gasteiger partial charge in [-0.25, -0.2) is 4.39 Å². The van der Waals surface area contributed by atoms with Crippen LogP contribution in [0.2, 0.25) is 0 Å². The molecule has 3 heterocycles. The second-order valence-corrected chi connectivity index (χ2v) is 8.25. The zero-order chi connectivity index (χ0) is 21.6. The number of ether oxygens (including phenoxy) is 2. The third-order valence-electron chi connectivity index (χ3n) is 5.87. The third kappa shape index (κ3) is 5.40. The monoisotopic (exact) mass is 427 g/mol. The highest BCUT2D eigenvalue weighted by Gasteiger charge is 2.31. The van der Waals surface area contributed by atoms with Crippen molar-refractivity contribution < 1.29 is 18.7 Å². The van der Waals surface area contributed by atoms with Crippen molar-refractivity contribution in [3.63, 3.8) is 0 Å². The summed E-state index contributed by atoms with van der Waals surface area (Å²) in [7, 11) is 0. The van der Waals surface area contributed by atoms with Gasteiger partial charge in [-0.2, -0.15) is 0 Å². The van der Waals surface area contributed by atoms with E-state index < -0.39 is 0 Å². The Balaban J connectivity index is 1.33. The Morgan fingerprint density at radius 2 is 2.10 bits per heavy atom. The molecule has 0 bridgehead atoms. The summed E-state index contributed by atoms with van der Waals surface area (Å²) in [6, 6.07) is 10.2. The Hall–Kier alpha value is -2.51. The number of carbonyl (C=O) groups is 1. The fourth-order valence-electron chi connectivity index (χ4n) is 4.10. The molecular weight excluding hydrogens is 397 g/mol. The number of aryl methyl sites for hydroxylation is 1. The van der Waals surface area contributed by atoms with Crippen LogP contribution in [0.15, 0.2) is 36.4 Å². The number of hydrogen-bond donors (Lipinski definition) is 1. The number of amides is 1. The highest BCUT2D eigenvalue weighted by atomic mass is 19.1. The van der Waals surface area contributed by atoms with Crippen LogP contribution in [0.1, 0.15) is 49.9 Å². The number of nitrogens with one attached hydrogen (secondary N) is 1. The minimum Gasteiger partial charge on any atom is -0.368 e. The van der Waals surface area contributed by atoms with Crippen molar-refractivity contribution in [2.45, 2.75) is 51.0 Å². The average Bonchev–Trinajstić information content (AvgIpc) is 2.82. The first kappa shape index (κ1) is 21.7. The van der Waals surface area contributed by atoms with Gasteiger partial charge in [0.2, 0.25) is 0 Å². The van der Waals surface area contributed by atoms with E-state index in [-0.39, 0.29) is 23.7 Å². The maximum Gasteiger partial charge on any atom is 0.256 e. The highest BCUT2D eigenvalue weighted by Crippen LogP contribution is 2.29. The second kappa shape index (κ2) is 10.2. The number of halogens is 1. The van der Waals surface area contributed by atoms with Gasteiger partial charge >= 0.3 is 0 Å². The molecule has 1 amide bonds. The number of anilines is 2. The van der Waals surface area contributed by atoms with Crippen LogP contribution in [-0.2, 0) is 20.7 Å². The summed E-state index contributed by atoms with van der Waals surface area (Å²) in [6.45, 7) is 4.32. The summed E-state index contributed by atoms with van der Waals surface area (Å²) in [6.07, 6.45) is 4.34. The molecule has 31 heavy (non-hydrogen) atoms. The number of fused-ring (bicyclic) bond motifs is 1. The van der Waals surface area contributed by atoms with E-state index in [2.05, 4.69) is 12.2 Å². The van der Waals surface area contributed by atoms with Crippen molar-refractivity contribution in [2.75, 3.05) is 36.7 Å². The first-order valence-corrected chi connectivity index (χ1v) is 11.1. The van der Waals surface area contributed by atoms with Crippen molar-refractivity contribution in [1.29, 1.82) is 0 Å². The van der Waals surface area contributed by atoms with Crippen molar-refractivity contribution in [1.82, 2.24) is 4.98 Å². The van der Waals surface area contributed by atoms with Gasteiger partial charge in [-0.1, -0.05) is 6.92 Å². The van der Waals surface area contributed by atoms with Crippen molar-refractivity contribution in [2.24, 2.45) is 0 Å². The molecule has 0 saturated carbocycles. The number of aromatic nitrogens is 1. The molecule has 0 spiro atoms. The van der Waals surface area contributed by atoms with Gasteiger partial charge in [0.15, 0.2) is 0 Å². The minimum absolute atomic E-state index is 0.0680. The minimum atomic E-state index is -0.319. The molecule has 2 unspecified atom stereocenters. The molecular formula is C24H30FN3O3. The van der Waals surface area contributed by atoms with E-state index in [1.54, 1.807) is 12.1 Å². The molecule has 1 aromatic carbocycles. The lowest BCUT2D eigenvalue weighted by atomic mass is 10.0. The molecule has 7 heteroatoms. The van der Waals surface area contributed by atoms with Gasteiger partial charge in [0.25, 0.3) is 5.91 Å². The van der Waals surface area contributed by atoms with Crippen LogP contribution >= 0.6 is 0 Å². The molecule has 0 aliphatic carbocycles. The number of pyridine rings is 1. The Morgan fingerprint density at radius 3 is 2.87 bits per heavy atom. The Kier molecular flexibility index (Phi) is 7.14. The SMILES string of the molecule is CC(COCNc1ccc(F)cc1)c1ccc2c(n1)CCCN2C(=O)C1CCCCO1. The Bertz CT molecular complexity index is 884. The fraction of sp³-hybridized carbons (Fsp3) is 0.500. The lowest BCUT2D eigenvalue weighted by Gasteiger charge is -2.33. The molecule has 2 aliphatic rings.